The summed E-state index contributed by atoms with van der Waals surface area (Å²) in [5.41, 5.74) is 2.25. The molecule has 6 heteroatoms. The number of hydrogen-bond donors (Lipinski definition) is 1. The maximum absolute atomic E-state index is 12.3. The molecule has 0 aromatic heterocycles. The molecule has 0 radical (unpaired) electrons. The summed E-state index contributed by atoms with van der Waals surface area (Å²) < 4.78 is 0. The van der Waals surface area contributed by atoms with Crippen LogP contribution in [0.25, 0.3) is 0 Å². The van der Waals surface area contributed by atoms with E-state index in [1.54, 1.807) is 25.1 Å². The number of hydrogen-bond acceptors (Lipinski definition) is 4. The van der Waals surface area contributed by atoms with Gasteiger partial charge < -0.3 is 10.2 Å². The molecule has 0 spiro atoms. The molecule has 0 heterocycles. The molecule has 2 aromatic carbocycles. The topological polar surface area (TPSA) is 75.5 Å². The Hall–Kier alpha value is -2.89. The Morgan fingerprint density at radius 3 is 2.32 bits per heavy atom. The number of amides is 1. The number of benzene rings is 2. The van der Waals surface area contributed by atoms with Crippen LogP contribution < -0.4 is 10.2 Å². The molecule has 22 heavy (non-hydrogen) atoms. The van der Waals surface area contributed by atoms with E-state index < -0.39 is 4.92 Å². The molecule has 0 bridgehead atoms. The molecule has 1 N–H and O–H groups in total. The first kappa shape index (κ1) is 15.5. The van der Waals surface area contributed by atoms with Gasteiger partial charge >= 0.3 is 0 Å². The molecule has 2 rings (SSSR count). The van der Waals surface area contributed by atoms with Crippen molar-refractivity contribution in [1.82, 2.24) is 0 Å². The van der Waals surface area contributed by atoms with Crippen molar-refractivity contribution in [2.45, 2.75) is 6.92 Å². The minimum Gasteiger partial charge on any atom is -0.378 e. The van der Waals surface area contributed by atoms with Crippen LogP contribution in [0.5, 0.6) is 0 Å². The third kappa shape index (κ3) is 3.22. The maximum atomic E-state index is 12.3. The standard InChI is InChI=1S/C16H17N3O3/c1-11-14(5-4-6-15(11)19(21)22)16(20)17-12-7-9-13(10-8-12)18(2)3/h4-10H,1-3H3,(H,17,20). The zero-order valence-electron chi connectivity index (χ0n) is 12.7. The van der Waals surface area contributed by atoms with E-state index >= 15 is 0 Å². The zero-order chi connectivity index (χ0) is 16.3. The van der Waals surface area contributed by atoms with Gasteiger partial charge in [0.25, 0.3) is 11.6 Å². The second-order valence-corrected chi connectivity index (χ2v) is 5.10. The molecule has 1 amide bonds. The van der Waals surface area contributed by atoms with Crippen LogP contribution in [0, 0.1) is 17.0 Å². The lowest BCUT2D eigenvalue weighted by Gasteiger charge is -2.13. The van der Waals surface area contributed by atoms with E-state index in [1.165, 1.54) is 12.1 Å². The van der Waals surface area contributed by atoms with Crippen LogP contribution in [0.2, 0.25) is 0 Å². The van der Waals surface area contributed by atoms with Gasteiger partial charge in [-0.3, -0.25) is 14.9 Å². The lowest BCUT2D eigenvalue weighted by molar-refractivity contribution is -0.385. The van der Waals surface area contributed by atoms with Crippen LogP contribution in [-0.2, 0) is 0 Å². The second kappa shape index (κ2) is 6.26. The van der Waals surface area contributed by atoms with E-state index in [2.05, 4.69) is 5.32 Å². The molecular weight excluding hydrogens is 282 g/mol. The lowest BCUT2D eigenvalue weighted by Crippen LogP contribution is -2.14. The molecule has 114 valence electrons. The summed E-state index contributed by atoms with van der Waals surface area (Å²) in [6, 6.07) is 11.8. The fourth-order valence-electron chi connectivity index (χ4n) is 2.11. The fraction of sp³-hybridized carbons (Fsp3) is 0.188. The van der Waals surface area contributed by atoms with Gasteiger partial charge in [-0.1, -0.05) is 6.07 Å². The van der Waals surface area contributed by atoms with Gasteiger partial charge in [0.2, 0.25) is 0 Å². The van der Waals surface area contributed by atoms with Gasteiger partial charge in [0.15, 0.2) is 0 Å². The quantitative estimate of drug-likeness (QED) is 0.694. The predicted octanol–water partition coefficient (Wildman–Crippen LogP) is 3.22. The van der Waals surface area contributed by atoms with Crippen molar-refractivity contribution in [3.05, 3.63) is 63.7 Å². The second-order valence-electron chi connectivity index (χ2n) is 5.10. The Bertz CT molecular complexity index is 709. The van der Waals surface area contributed by atoms with Crippen LogP contribution in [0.4, 0.5) is 17.1 Å². The Kier molecular flexibility index (Phi) is 4.41. The van der Waals surface area contributed by atoms with Crippen LogP contribution in [0.15, 0.2) is 42.5 Å². The van der Waals surface area contributed by atoms with Crippen molar-refractivity contribution in [2.75, 3.05) is 24.3 Å². The van der Waals surface area contributed by atoms with Gasteiger partial charge in [0.1, 0.15) is 0 Å². The number of nitro groups is 1. The zero-order valence-corrected chi connectivity index (χ0v) is 12.7. The average Bonchev–Trinajstić information content (AvgIpc) is 2.47. The summed E-state index contributed by atoms with van der Waals surface area (Å²) in [4.78, 5) is 24.7. The smallest absolute Gasteiger partial charge is 0.273 e. The molecule has 0 aliphatic carbocycles. The number of rotatable bonds is 4. The predicted molar refractivity (Wildman–Crippen MR) is 86.6 cm³/mol. The van der Waals surface area contributed by atoms with Crippen molar-refractivity contribution in [3.8, 4) is 0 Å². The van der Waals surface area contributed by atoms with E-state index in [9.17, 15) is 14.9 Å². The first-order valence-corrected chi connectivity index (χ1v) is 6.73. The van der Waals surface area contributed by atoms with Crippen molar-refractivity contribution in [2.24, 2.45) is 0 Å². The van der Waals surface area contributed by atoms with Crippen molar-refractivity contribution < 1.29 is 9.72 Å². The summed E-state index contributed by atoms with van der Waals surface area (Å²) >= 11 is 0. The Balaban J connectivity index is 2.22. The SMILES string of the molecule is Cc1c(C(=O)Nc2ccc(N(C)C)cc2)cccc1[N+](=O)[O-]. The molecule has 0 unspecified atom stereocenters. The van der Waals surface area contributed by atoms with E-state index in [4.69, 9.17) is 0 Å². The third-order valence-corrected chi connectivity index (χ3v) is 3.39. The minimum absolute atomic E-state index is 0.0596. The number of nitrogens with one attached hydrogen (secondary N) is 1. The molecule has 0 aliphatic heterocycles. The van der Waals surface area contributed by atoms with Crippen molar-refractivity contribution in [3.63, 3.8) is 0 Å². The van der Waals surface area contributed by atoms with Gasteiger partial charge in [-0.15, -0.1) is 0 Å². The molecule has 0 fully saturated rings. The summed E-state index contributed by atoms with van der Waals surface area (Å²) in [5.74, 6) is -0.362. The van der Waals surface area contributed by atoms with Crippen LogP contribution >= 0.6 is 0 Å². The lowest BCUT2D eigenvalue weighted by atomic mass is 10.1. The van der Waals surface area contributed by atoms with Crippen LogP contribution in [0.3, 0.4) is 0 Å². The molecule has 0 saturated heterocycles. The minimum atomic E-state index is -0.488. The summed E-state index contributed by atoms with van der Waals surface area (Å²) in [6.45, 7) is 1.57. The number of nitrogens with zero attached hydrogens (tertiary/aromatic N) is 2. The van der Waals surface area contributed by atoms with Gasteiger partial charge in [-0.2, -0.15) is 0 Å². The molecule has 0 saturated carbocycles. The largest absolute Gasteiger partial charge is 0.378 e. The molecule has 6 nitrogen and oxygen atoms in total. The Labute approximate surface area is 128 Å². The molecule has 0 atom stereocenters. The molecule has 2 aromatic rings. The van der Waals surface area contributed by atoms with E-state index in [0.29, 0.717) is 16.8 Å². The number of carbonyl (C=O) groups excluding carboxylic acids is 1. The van der Waals surface area contributed by atoms with Crippen molar-refractivity contribution in [1.29, 1.82) is 0 Å². The average molecular weight is 299 g/mol. The van der Waals surface area contributed by atoms with E-state index in [1.807, 2.05) is 31.1 Å². The Morgan fingerprint density at radius 2 is 1.77 bits per heavy atom. The first-order valence-electron chi connectivity index (χ1n) is 6.73. The van der Waals surface area contributed by atoms with E-state index in [-0.39, 0.29) is 11.6 Å². The summed E-state index contributed by atoms with van der Waals surface area (Å²) in [6.07, 6.45) is 0. The first-order chi connectivity index (χ1) is 10.4. The third-order valence-electron chi connectivity index (χ3n) is 3.39. The normalized spacial score (nSPS) is 10.1. The van der Waals surface area contributed by atoms with Crippen molar-refractivity contribution >= 4 is 23.0 Å². The van der Waals surface area contributed by atoms with Crippen LogP contribution in [0.1, 0.15) is 15.9 Å². The van der Waals surface area contributed by atoms with Crippen LogP contribution in [-0.4, -0.2) is 24.9 Å². The molecule has 0 aliphatic rings. The summed E-state index contributed by atoms with van der Waals surface area (Å²) in [7, 11) is 3.86. The highest BCUT2D eigenvalue weighted by atomic mass is 16.6. The maximum Gasteiger partial charge on any atom is 0.273 e. The highest BCUT2D eigenvalue weighted by Gasteiger charge is 2.17. The van der Waals surface area contributed by atoms with Gasteiger partial charge in [-0.25, -0.2) is 0 Å². The van der Waals surface area contributed by atoms with Gasteiger partial charge in [0, 0.05) is 42.7 Å². The highest BCUT2D eigenvalue weighted by molar-refractivity contribution is 6.05. The monoisotopic (exact) mass is 299 g/mol. The van der Waals surface area contributed by atoms with Gasteiger partial charge in [0.05, 0.1) is 4.92 Å². The highest BCUT2D eigenvalue weighted by Crippen LogP contribution is 2.22. The number of nitro benzene ring substituents is 1. The molecular formula is C16H17N3O3. The summed E-state index contributed by atoms with van der Waals surface area (Å²) in [5, 5.41) is 13.7. The fourth-order valence-corrected chi connectivity index (χ4v) is 2.11. The van der Waals surface area contributed by atoms with Gasteiger partial charge in [-0.05, 0) is 37.3 Å². The Morgan fingerprint density at radius 1 is 1.14 bits per heavy atom. The van der Waals surface area contributed by atoms with E-state index in [0.717, 1.165) is 5.69 Å². The number of anilines is 2. The number of carbonyl (C=O) groups is 1.